The fourth-order valence-corrected chi connectivity index (χ4v) is 2.92. The Balaban J connectivity index is 1.92. The summed E-state index contributed by atoms with van der Waals surface area (Å²) in [6, 6.07) is 9.66. The number of nitrogens with one attached hydrogen (secondary N) is 2. The Kier molecular flexibility index (Phi) is 6.71. The van der Waals surface area contributed by atoms with E-state index >= 15 is 0 Å². The van der Waals surface area contributed by atoms with E-state index in [1.807, 2.05) is 37.3 Å². The van der Waals surface area contributed by atoms with Gasteiger partial charge in [-0.3, -0.25) is 9.59 Å². The van der Waals surface area contributed by atoms with Gasteiger partial charge in [0.25, 0.3) is 5.91 Å². The van der Waals surface area contributed by atoms with Crippen molar-refractivity contribution in [2.24, 2.45) is 0 Å². The van der Waals surface area contributed by atoms with Gasteiger partial charge in [-0.05, 0) is 30.9 Å². The number of benzene rings is 1. The molecule has 132 valence electrons. The van der Waals surface area contributed by atoms with Gasteiger partial charge >= 0.3 is 5.97 Å². The van der Waals surface area contributed by atoms with Crippen LogP contribution in [0.4, 0.5) is 0 Å². The topological polar surface area (TPSA) is 84.5 Å². The summed E-state index contributed by atoms with van der Waals surface area (Å²) in [5.74, 6) is -1.37. The molecule has 0 radical (unpaired) electrons. The van der Waals surface area contributed by atoms with Crippen LogP contribution in [0, 0.1) is 6.92 Å². The molecule has 0 aliphatic rings. The Bertz CT molecular complexity index is 753. The van der Waals surface area contributed by atoms with Gasteiger partial charge in [0.1, 0.15) is 4.88 Å². The summed E-state index contributed by atoms with van der Waals surface area (Å²) in [5, 5.41) is 6.76. The summed E-state index contributed by atoms with van der Waals surface area (Å²) in [5.41, 5.74) is 2.82. The van der Waals surface area contributed by atoms with Gasteiger partial charge in [0.15, 0.2) is 6.61 Å². The largest absolute Gasteiger partial charge is 0.451 e. The third-order valence-corrected chi connectivity index (χ3v) is 4.26. The average molecular weight is 360 g/mol. The van der Waals surface area contributed by atoms with Crippen molar-refractivity contribution in [2.45, 2.75) is 13.8 Å². The van der Waals surface area contributed by atoms with Crippen molar-refractivity contribution in [1.82, 2.24) is 10.6 Å². The van der Waals surface area contributed by atoms with Gasteiger partial charge in [-0.1, -0.05) is 29.8 Å². The van der Waals surface area contributed by atoms with Crippen molar-refractivity contribution in [3.63, 3.8) is 0 Å². The first-order valence-corrected chi connectivity index (χ1v) is 8.74. The lowest BCUT2D eigenvalue weighted by atomic mass is 10.1. The van der Waals surface area contributed by atoms with Crippen LogP contribution in [0.2, 0.25) is 0 Å². The molecule has 0 spiro atoms. The van der Waals surface area contributed by atoms with E-state index in [1.165, 1.54) is 11.3 Å². The minimum atomic E-state index is -0.557. The number of thiophene rings is 1. The van der Waals surface area contributed by atoms with E-state index in [0.29, 0.717) is 11.4 Å². The Labute approximate surface area is 150 Å². The van der Waals surface area contributed by atoms with Crippen LogP contribution in [-0.4, -0.2) is 37.5 Å². The van der Waals surface area contributed by atoms with Gasteiger partial charge < -0.3 is 15.4 Å². The molecule has 0 unspecified atom stereocenters. The van der Waals surface area contributed by atoms with Gasteiger partial charge in [0.2, 0.25) is 5.91 Å². The lowest BCUT2D eigenvalue weighted by Crippen LogP contribution is -2.38. The Hall–Kier alpha value is -2.67. The monoisotopic (exact) mass is 360 g/mol. The molecule has 2 N–H and O–H groups in total. The van der Waals surface area contributed by atoms with E-state index in [4.69, 9.17) is 4.74 Å². The van der Waals surface area contributed by atoms with Gasteiger partial charge in [-0.25, -0.2) is 4.79 Å². The quantitative estimate of drug-likeness (QED) is 0.741. The van der Waals surface area contributed by atoms with Gasteiger partial charge in [0, 0.05) is 12.1 Å². The zero-order valence-electron chi connectivity index (χ0n) is 14.1. The molecule has 0 aliphatic carbocycles. The fraction of sp³-hybridized carbons (Fsp3) is 0.278. The molecule has 6 nitrogen and oxygen atoms in total. The van der Waals surface area contributed by atoms with Crippen LogP contribution >= 0.6 is 11.3 Å². The number of hydrogen-bond acceptors (Lipinski definition) is 5. The molecule has 0 bridgehead atoms. The normalized spacial score (nSPS) is 10.2. The van der Waals surface area contributed by atoms with Crippen LogP contribution in [-0.2, 0) is 14.3 Å². The van der Waals surface area contributed by atoms with Crippen molar-refractivity contribution in [3.05, 3.63) is 46.2 Å². The average Bonchev–Trinajstić information content (AvgIpc) is 3.08. The molecule has 2 aromatic rings. The van der Waals surface area contributed by atoms with Crippen molar-refractivity contribution in [2.75, 3.05) is 19.7 Å². The second kappa shape index (κ2) is 8.98. The van der Waals surface area contributed by atoms with Crippen molar-refractivity contribution >= 4 is 29.1 Å². The first kappa shape index (κ1) is 18.7. The minimum absolute atomic E-state index is 0.141. The first-order valence-electron chi connectivity index (χ1n) is 7.86. The molecule has 1 aromatic heterocycles. The zero-order chi connectivity index (χ0) is 18.2. The predicted octanol–water partition coefficient (Wildman–Crippen LogP) is 2.13. The second-order valence-electron chi connectivity index (χ2n) is 5.34. The number of esters is 1. The lowest BCUT2D eigenvalue weighted by Gasteiger charge is -2.07. The van der Waals surface area contributed by atoms with Crippen molar-refractivity contribution in [3.8, 4) is 11.1 Å². The number of rotatable bonds is 7. The maximum atomic E-state index is 12.2. The van der Waals surface area contributed by atoms with Gasteiger partial charge in [-0.2, -0.15) is 0 Å². The van der Waals surface area contributed by atoms with Crippen LogP contribution in [0.1, 0.15) is 22.2 Å². The molecule has 7 heteroatoms. The molecular weight excluding hydrogens is 340 g/mol. The molecule has 0 saturated carbocycles. The van der Waals surface area contributed by atoms with E-state index in [1.54, 1.807) is 12.3 Å². The lowest BCUT2D eigenvalue weighted by molar-refractivity contribution is -0.127. The van der Waals surface area contributed by atoms with Crippen molar-refractivity contribution in [1.29, 1.82) is 0 Å². The third kappa shape index (κ3) is 5.42. The summed E-state index contributed by atoms with van der Waals surface area (Å²) < 4.78 is 5.05. The predicted molar refractivity (Wildman–Crippen MR) is 96.5 cm³/mol. The third-order valence-electron chi connectivity index (χ3n) is 3.37. The Morgan fingerprint density at radius 2 is 1.76 bits per heavy atom. The highest BCUT2D eigenvalue weighted by Crippen LogP contribution is 2.29. The molecule has 0 fully saturated rings. The van der Waals surface area contributed by atoms with E-state index in [2.05, 4.69) is 10.6 Å². The highest BCUT2D eigenvalue weighted by Gasteiger charge is 2.17. The molecule has 25 heavy (non-hydrogen) atoms. The number of amides is 2. The summed E-state index contributed by atoms with van der Waals surface area (Å²) in [6.45, 7) is 3.70. The standard InChI is InChI=1S/C18H20N2O4S/c1-3-19-15(21)10-20-16(22)11-24-18(23)17-14(8-9-25-17)13-6-4-12(2)5-7-13/h4-9H,3,10-11H2,1-2H3,(H,19,21)(H,20,22). The van der Waals surface area contributed by atoms with E-state index in [0.717, 1.165) is 16.7 Å². The summed E-state index contributed by atoms with van der Waals surface area (Å²) >= 11 is 1.26. The van der Waals surface area contributed by atoms with E-state index in [9.17, 15) is 14.4 Å². The maximum Gasteiger partial charge on any atom is 0.349 e. The summed E-state index contributed by atoms with van der Waals surface area (Å²) in [7, 11) is 0. The molecule has 0 atom stereocenters. The smallest absolute Gasteiger partial charge is 0.349 e. The van der Waals surface area contributed by atoms with Crippen molar-refractivity contribution < 1.29 is 19.1 Å². The fourth-order valence-electron chi connectivity index (χ4n) is 2.11. The summed E-state index contributed by atoms with van der Waals surface area (Å²) in [6.07, 6.45) is 0. The molecule has 0 saturated heterocycles. The molecule has 1 aromatic carbocycles. The number of aryl methyl sites for hydroxylation is 1. The maximum absolute atomic E-state index is 12.2. The summed E-state index contributed by atoms with van der Waals surface area (Å²) in [4.78, 5) is 35.6. The first-order chi connectivity index (χ1) is 12.0. The van der Waals surface area contributed by atoms with E-state index in [-0.39, 0.29) is 12.5 Å². The Morgan fingerprint density at radius 3 is 2.44 bits per heavy atom. The number of ether oxygens (including phenoxy) is 1. The van der Waals surface area contributed by atoms with Crippen LogP contribution in [0.25, 0.3) is 11.1 Å². The highest BCUT2D eigenvalue weighted by atomic mass is 32.1. The van der Waals surface area contributed by atoms with Gasteiger partial charge in [0.05, 0.1) is 6.54 Å². The molecule has 1 heterocycles. The zero-order valence-corrected chi connectivity index (χ0v) is 14.9. The van der Waals surface area contributed by atoms with E-state index < -0.39 is 18.5 Å². The Morgan fingerprint density at radius 1 is 1.04 bits per heavy atom. The minimum Gasteiger partial charge on any atom is -0.451 e. The van der Waals surface area contributed by atoms with Crippen LogP contribution in [0.15, 0.2) is 35.7 Å². The number of carbonyl (C=O) groups is 3. The highest BCUT2D eigenvalue weighted by molar-refractivity contribution is 7.12. The second-order valence-corrected chi connectivity index (χ2v) is 6.25. The molecule has 0 aliphatic heterocycles. The number of likely N-dealkylation sites (N-methyl/N-ethyl adjacent to an activating group) is 1. The molecule has 2 rings (SSSR count). The van der Waals surface area contributed by atoms with Crippen LogP contribution in [0.3, 0.4) is 0 Å². The number of carbonyl (C=O) groups excluding carboxylic acids is 3. The molecule has 2 amide bonds. The molecular formula is C18H20N2O4S. The SMILES string of the molecule is CCNC(=O)CNC(=O)COC(=O)c1sccc1-c1ccc(C)cc1. The van der Waals surface area contributed by atoms with Crippen LogP contribution < -0.4 is 10.6 Å². The number of hydrogen-bond donors (Lipinski definition) is 2. The van der Waals surface area contributed by atoms with Crippen LogP contribution in [0.5, 0.6) is 0 Å². The van der Waals surface area contributed by atoms with Gasteiger partial charge in [-0.15, -0.1) is 11.3 Å².